The van der Waals surface area contributed by atoms with Gasteiger partial charge in [-0.05, 0) is 62.3 Å². The number of pyridine rings is 1. The molecule has 3 fully saturated rings. The van der Waals surface area contributed by atoms with Crippen molar-refractivity contribution in [1.29, 1.82) is 0 Å². The van der Waals surface area contributed by atoms with Crippen LogP contribution in [0.4, 0.5) is 11.8 Å². The number of hydrogen-bond donors (Lipinski definition) is 1. The second-order valence-electron chi connectivity index (χ2n) is 10.2. The topological polar surface area (TPSA) is 83.5 Å². The maximum absolute atomic E-state index is 12.2. The molecule has 1 atom stereocenters. The molecule has 4 heterocycles. The minimum atomic E-state index is -0.112. The van der Waals surface area contributed by atoms with E-state index in [1.807, 2.05) is 30.3 Å². The number of carbonyl (C=O) groups is 1. The van der Waals surface area contributed by atoms with Crippen molar-refractivity contribution >= 4 is 28.7 Å². The van der Waals surface area contributed by atoms with E-state index >= 15 is 0 Å². The van der Waals surface area contributed by atoms with Gasteiger partial charge in [-0.2, -0.15) is 9.97 Å². The molecule has 8 nitrogen and oxygen atoms in total. The molecule has 1 amide bonds. The molecule has 3 aromatic rings. The van der Waals surface area contributed by atoms with E-state index in [-0.39, 0.29) is 11.9 Å². The lowest BCUT2D eigenvalue weighted by atomic mass is 9.94. The van der Waals surface area contributed by atoms with Gasteiger partial charge in [-0.1, -0.05) is 12.1 Å². The fraction of sp³-hybridized carbons (Fsp3) is 0.481. The molecule has 0 bridgehead atoms. The quantitative estimate of drug-likeness (QED) is 0.620. The molecule has 2 aliphatic heterocycles. The maximum atomic E-state index is 12.2. The highest BCUT2D eigenvalue weighted by Gasteiger charge is 2.44. The van der Waals surface area contributed by atoms with E-state index in [1.165, 1.54) is 25.7 Å². The molecule has 1 aromatic carbocycles. The average Bonchev–Trinajstić information content (AvgIpc) is 3.66. The summed E-state index contributed by atoms with van der Waals surface area (Å²) in [6, 6.07) is 11.9. The van der Waals surface area contributed by atoms with E-state index in [4.69, 9.17) is 19.7 Å². The van der Waals surface area contributed by atoms with Crippen molar-refractivity contribution in [1.82, 2.24) is 20.3 Å². The normalized spacial score (nSPS) is 21.4. The van der Waals surface area contributed by atoms with Crippen molar-refractivity contribution in [2.75, 3.05) is 49.7 Å². The van der Waals surface area contributed by atoms with Gasteiger partial charge < -0.3 is 19.9 Å². The molecule has 6 rings (SSSR count). The summed E-state index contributed by atoms with van der Waals surface area (Å²) in [6.45, 7) is 6.34. The Morgan fingerprint density at radius 3 is 2.63 bits per heavy atom. The molecule has 0 radical (unpaired) electrons. The summed E-state index contributed by atoms with van der Waals surface area (Å²) in [4.78, 5) is 31.9. The highest BCUT2D eigenvalue weighted by Crippen LogP contribution is 2.53. The van der Waals surface area contributed by atoms with Gasteiger partial charge >= 0.3 is 0 Å². The summed E-state index contributed by atoms with van der Waals surface area (Å²) in [5.74, 6) is 1.59. The van der Waals surface area contributed by atoms with Gasteiger partial charge in [0.25, 0.3) is 5.91 Å². The zero-order chi connectivity index (χ0) is 24.0. The van der Waals surface area contributed by atoms with Crippen LogP contribution in [-0.2, 0) is 4.74 Å². The summed E-state index contributed by atoms with van der Waals surface area (Å²) in [5, 5.41) is 3.64. The summed E-state index contributed by atoms with van der Waals surface area (Å²) < 4.78 is 5.69. The fourth-order valence-electron chi connectivity index (χ4n) is 5.37. The molecule has 2 saturated heterocycles. The third-order valence-corrected chi connectivity index (χ3v) is 7.88. The number of ether oxygens (including phenoxy) is 1. The molecule has 1 aliphatic carbocycles. The number of amides is 1. The zero-order valence-electron chi connectivity index (χ0n) is 20.5. The van der Waals surface area contributed by atoms with E-state index in [0.29, 0.717) is 29.8 Å². The number of aromatic nitrogens is 3. The van der Waals surface area contributed by atoms with Gasteiger partial charge in [-0.15, -0.1) is 0 Å². The largest absolute Gasteiger partial charge is 0.377 e. The molecule has 35 heavy (non-hydrogen) atoms. The maximum Gasteiger partial charge on any atom is 0.251 e. The van der Waals surface area contributed by atoms with Crippen LogP contribution in [-0.4, -0.2) is 66.8 Å². The summed E-state index contributed by atoms with van der Waals surface area (Å²) in [5.41, 5.74) is 3.59. The SMILES string of the molecule is CNC(=O)c1cccc(-c2ccc3c(N4CCOC[C@@H]4C)nc(N4CCC5(CC4)CC5)nc3n2)c1. The van der Waals surface area contributed by atoms with Crippen LogP contribution in [0.3, 0.4) is 0 Å². The first-order chi connectivity index (χ1) is 17.0. The van der Waals surface area contributed by atoms with E-state index in [2.05, 4.69) is 28.1 Å². The van der Waals surface area contributed by atoms with Crippen molar-refractivity contribution in [2.24, 2.45) is 5.41 Å². The van der Waals surface area contributed by atoms with Crippen LogP contribution in [0.15, 0.2) is 36.4 Å². The van der Waals surface area contributed by atoms with Crippen LogP contribution in [0.1, 0.15) is 43.0 Å². The molecule has 8 heteroatoms. The first kappa shape index (κ1) is 22.2. The molecule has 3 aliphatic rings. The monoisotopic (exact) mass is 472 g/mol. The number of anilines is 2. The number of nitrogens with one attached hydrogen (secondary N) is 1. The molecule has 1 saturated carbocycles. The molecule has 0 unspecified atom stereocenters. The molecular weight excluding hydrogens is 440 g/mol. The fourth-order valence-corrected chi connectivity index (χ4v) is 5.37. The first-order valence-electron chi connectivity index (χ1n) is 12.7. The van der Waals surface area contributed by atoms with E-state index < -0.39 is 0 Å². The Balaban J connectivity index is 1.43. The Morgan fingerprint density at radius 2 is 1.89 bits per heavy atom. The van der Waals surface area contributed by atoms with Crippen molar-refractivity contribution in [3.63, 3.8) is 0 Å². The summed E-state index contributed by atoms with van der Waals surface area (Å²) >= 11 is 0. The number of carbonyl (C=O) groups excluding carboxylic acids is 1. The van der Waals surface area contributed by atoms with Crippen LogP contribution in [0.5, 0.6) is 0 Å². The second kappa shape index (κ2) is 8.75. The van der Waals surface area contributed by atoms with Gasteiger partial charge in [0.1, 0.15) is 5.82 Å². The number of piperidine rings is 1. The Bertz CT molecular complexity index is 1260. The van der Waals surface area contributed by atoms with Gasteiger partial charge in [0, 0.05) is 37.8 Å². The van der Waals surface area contributed by atoms with Crippen LogP contribution >= 0.6 is 0 Å². The standard InChI is InChI=1S/C27H32N6O2/c1-18-17-35-15-14-33(18)24-21-6-7-22(19-4-3-5-20(16-19)25(34)28-2)29-23(21)30-26(31-24)32-12-10-27(8-9-27)11-13-32/h3-7,16,18H,8-15,17H2,1-2H3,(H,28,34)/t18-/m0/s1. The minimum absolute atomic E-state index is 0.112. The summed E-state index contributed by atoms with van der Waals surface area (Å²) in [7, 11) is 1.64. The predicted octanol–water partition coefficient (Wildman–Crippen LogP) is 3.66. The van der Waals surface area contributed by atoms with Gasteiger partial charge in [0.15, 0.2) is 5.65 Å². The van der Waals surface area contributed by atoms with E-state index in [1.54, 1.807) is 7.05 Å². The minimum Gasteiger partial charge on any atom is -0.377 e. The van der Waals surface area contributed by atoms with Crippen molar-refractivity contribution in [2.45, 2.75) is 38.6 Å². The lowest BCUT2D eigenvalue weighted by molar-refractivity contribution is 0.0963. The van der Waals surface area contributed by atoms with Crippen molar-refractivity contribution in [3.8, 4) is 11.3 Å². The lowest BCUT2D eigenvalue weighted by Gasteiger charge is -2.36. The number of benzene rings is 1. The smallest absolute Gasteiger partial charge is 0.251 e. The van der Waals surface area contributed by atoms with Gasteiger partial charge in [0.05, 0.1) is 30.3 Å². The van der Waals surface area contributed by atoms with Crippen LogP contribution in [0.2, 0.25) is 0 Å². The van der Waals surface area contributed by atoms with E-state index in [9.17, 15) is 4.79 Å². The third kappa shape index (κ3) is 4.20. The molecule has 182 valence electrons. The Morgan fingerprint density at radius 1 is 1.06 bits per heavy atom. The summed E-state index contributed by atoms with van der Waals surface area (Å²) in [6.07, 6.45) is 5.18. The second-order valence-corrected chi connectivity index (χ2v) is 10.2. The molecular formula is C27H32N6O2. The highest BCUT2D eigenvalue weighted by atomic mass is 16.5. The van der Waals surface area contributed by atoms with Crippen LogP contribution in [0, 0.1) is 5.41 Å². The average molecular weight is 473 g/mol. The van der Waals surface area contributed by atoms with Crippen molar-refractivity contribution < 1.29 is 9.53 Å². The van der Waals surface area contributed by atoms with Gasteiger partial charge in [0.2, 0.25) is 5.95 Å². The Hall–Kier alpha value is -3.26. The predicted molar refractivity (Wildman–Crippen MR) is 137 cm³/mol. The number of fused-ring (bicyclic) bond motifs is 1. The molecule has 1 spiro atoms. The van der Waals surface area contributed by atoms with Crippen molar-refractivity contribution in [3.05, 3.63) is 42.0 Å². The van der Waals surface area contributed by atoms with Crippen LogP contribution in [0.25, 0.3) is 22.3 Å². The number of hydrogen-bond acceptors (Lipinski definition) is 7. The Labute approximate surface area is 205 Å². The van der Waals surface area contributed by atoms with E-state index in [0.717, 1.165) is 48.0 Å². The van der Waals surface area contributed by atoms with Gasteiger partial charge in [-0.25, -0.2) is 4.98 Å². The number of morpholine rings is 1. The third-order valence-electron chi connectivity index (χ3n) is 7.88. The number of nitrogens with zero attached hydrogens (tertiary/aromatic N) is 5. The zero-order valence-corrected chi connectivity index (χ0v) is 20.5. The van der Waals surface area contributed by atoms with Crippen LogP contribution < -0.4 is 15.1 Å². The first-order valence-corrected chi connectivity index (χ1v) is 12.7. The Kier molecular flexibility index (Phi) is 5.56. The number of rotatable bonds is 4. The highest BCUT2D eigenvalue weighted by molar-refractivity contribution is 5.95. The lowest BCUT2D eigenvalue weighted by Crippen LogP contribution is -2.44. The molecule has 1 N–H and O–H groups in total. The molecule has 2 aromatic heterocycles. The van der Waals surface area contributed by atoms with Gasteiger partial charge in [-0.3, -0.25) is 4.79 Å².